The van der Waals surface area contributed by atoms with Crippen molar-refractivity contribution in [3.05, 3.63) is 34.9 Å². The molecule has 9 heteroatoms. The summed E-state index contributed by atoms with van der Waals surface area (Å²) in [5, 5.41) is 8.44. The predicted molar refractivity (Wildman–Crippen MR) is 128 cm³/mol. The summed E-state index contributed by atoms with van der Waals surface area (Å²) in [7, 11) is 2.84. The zero-order chi connectivity index (χ0) is 24.9. The van der Waals surface area contributed by atoms with Crippen LogP contribution in [0.15, 0.2) is 23.8 Å². The van der Waals surface area contributed by atoms with Crippen molar-refractivity contribution in [2.45, 2.75) is 57.0 Å². The van der Waals surface area contributed by atoms with Crippen LogP contribution in [0.4, 0.5) is 0 Å². The molecular formula is C26H33N3O6. The molecule has 1 heterocycles. The average molecular weight is 484 g/mol. The van der Waals surface area contributed by atoms with Crippen molar-refractivity contribution in [2.75, 3.05) is 20.8 Å². The van der Waals surface area contributed by atoms with Crippen molar-refractivity contribution in [3.63, 3.8) is 0 Å². The molecule has 188 valence electrons. The molecule has 0 radical (unpaired) electrons. The van der Waals surface area contributed by atoms with E-state index in [1.165, 1.54) is 7.11 Å². The Hall–Kier alpha value is -3.36. The van der Waals surface area contributed by atoms with Gasteiger partial charge in [0.05, 0.1) is 14.2 Å². The molecule has 1 aromatic carbocycles. The van der Waals surface area contributed by atoms with Crippen LogP contribution < -0.4 is 20.7 Å². The summed E-state index contributed by atoms with van der Waals surface area (Å²) >= 11 is 0. The molecule has 4 rings (SSSR count). The van der Waals surface area contributed by atoms with E-state index in [4.69, 9.17) is 9.47 Å². The lowest BCUT2D eigenvalue weighted by molar-refractivity contribution is -0.146. The van der Waals surface area contributed by atoms with Crippen molar-refractivity contribution < 1.29 is 28.7 Å². The van der Waals surface area contributed by atoms with Crippen LogP contribution in [0.25, 0.3) is 6.08 Å². The number of carbonyl (C=O) groups excluding carboxylic acids is 4. The highest BCUT2D eigenvalue weighted by atomic mass is 16.5. The van der Waals surface area contributed by atoms with Crippen LogP contribution in [-0.4, -0.2) is 56.5 Å². The molecule has 0 bridgehead atoms. The van der Waals surface area contributed by atoms with Gasteiger partial charge in [-0.2, -0.15) is 0 Å². The van der Waals surface area contributed by atoms with Crippen molar-refractivity contribution in [3.8, 4) is 5.75 Å². The Morgan fingerprint density at radius 1 is 1.09 bits per heavy atom. The van der Waals surface area contributed by atoms with Gasteiger partial charge in [0.15, 0.2) is 0 Å². The Morgan fingerprint density at radius 2 is 1.89 bits per heavy atom. The summed E-state index contributed by atoms with van der Waals surface area (Å²) in [6.07, 6.45) is 6.40. The Kier molecular flexibility index (Phi) is 7.73. The number of hydrogen-bond donors (Lipinski definition) is 3. The first-order valence-electron chi connectivity index (χ1n) is 12.2. The number of methoxy groups -OCH3 is 2. The normalized spacial score (nSPS) is 20.6. The Balaban J connectivity index is 1.44. The van der Waals surface area contributed by atoms with E-state index >= 15 is 0 Å². The molecule has 3 amide bonds. The van der Waals surface area contributed by atoms with Gasteiger partial charge in [0.1, 0.15) is 17.8 Å². The van der Waals surface area contributed by atoms with E-state index in [0.29, 0.717) is 43.0 Å². The van der Waals surface area contributed by atoms with Gasteiger partial charge in [-0.3, -0.25) is 14.4 Å². The first-order valence-corrected chi connectivity index (χ1v) is 12.2. The van der Waals surface area contributed by atoms with E-state index in [0.717, 1.165) is 30.4 Å². The molecule has 1 aliphatic heterocycles. The lowest BCUT2D eigenvalue weighted by atomic mass is 9.91. The zero-order valence-electron chi connectivity index (χ0n) is 20.2. The van der Waals surface area contributed by atoms with Crippen LogP contribution in [0.2, 0.25) is 0 Å². The topological polar surface area (TPSA) is 123 Å². The van der Waals surface area contributed by atoms with E-state index < -0.39 is 24.0 Å². The molecule has 1 unspecified atom stereocenters. The molecule has 3 aliphatic rings. The second-order valence-electron chi connectivity index (χ2n) is 9.53. The predicted octanol–water partition coefficient (Wildman–Crippen LogP) is 1.49. The van der Waals surface area contributed by atoms with Gasteiger partial charge in [-0.05, 0) is 49.3 Å². The van der Waals surface area contributed by atoms with Gasteiger partial charge in [-0.1, -0.05) is 25.0 Å². The van der Waals surface area contributed by atoms with Gasteiger partial charge in [-0.25, -0.2) is 4.79 Å². The van der Waals surface area contributed by atoms with Gasteiger partial charge < -0.3 is 25.4 Å². The largest absolute Gasteiger partial charge is 0.496 e. The molecule has 2 fully saturated rings. The lowest BCUT2D eigenvalue weighted by Gasteiger charge is -2.27. The third-order valence-electron chi connectivity index (χ3n) is 6.98. The van der Waals surface area contributed by atoms with Crippen LogP contribution in [0.3, 0.4) is 0 Å². The van der Waals surface area contributed by atoms with Crippen molar-refractivity contribution >= 4 is 29.8 Å². The number of piperidine rings is 1. The Morgan fingerprint density at radius 3 is 2.57 bits per heavy atom. The first-order chi connectivity index (χ1) is 16.9. The van der Waals surface area contributed by atoms with Crippen molar-refractivity contribution in [1.29, 1.82) is 0 Å². The summed E-state index contributed by atoms with van der Waals surface area (Å²) in [4.78, 5) is 51.0. The van der Waals surface area contributed by atoms with Crippen molar-refractivity contribution in [1.82, 2.24) is 16.0 Å². The second-order valence-corrected chi connectivity index (χ2v) is 9.53. The van der Waals surface area contributed by atoms with E-state index in [9.17, 15) is 19.2 Å². The van der Waals surface area contributed by atoms with Gasteiger partial charge in [-0.15, -0.1) is 0 Å². The number of nitrogens with one attached hydrogen (secondary N) is 3. The summed E-state index contributed by atoms with van der Waals surface area (Å²) < 4.78 is 10.3. The van der Waals surface area contributed by atoms with Gasteiger partial charge in [0.2, 0.25) is 17.7 Å². The minimum Gasteiger partial charge on any atom is -0.496 e. The molecule has 35 heavy (non-hydrogen) atoms. The van der Waals surface area contributed by atoms with E-state index in [1.54, 1.807) is 13.2 Å². The number of rotatable bonds is 10. The maximum absolute atomic E-state index is 13.3. The first kappa shape index (κ1) is 24.8. The monoisotopic (exact) mass is 483 g/mol. The number of esters is 1. The number of ether oxygens (including phenoxy) is 2. The van der Waals surface area contributed by atoms with Gasteiger partial charge in [0, 0.05) is 30.0 Å². The van der Waals surface area contributed by atoms with Crippen LogP contribution >= 0.6 is 0 Å². The minimum absolute atomic E-state index is 0.120. The molecule has 2 aliphatic carbocycles. The summed E-state index contributed by atoms with van der Waals surface area (Å²) in [5.74, 6) is -0.788. The number of benzene rings is 1. The quantitative estimate of drug-likeness (QED) is 0.434. The third kappa shape index (κ3) is 6.01. The summed E-state index contributed by atoms with van der Waals surface area (Å²) in [5.41, 5.74) is 2.43. The van der Waals surface area contributed by atoms with E-state index in [1.807, 2.05) is 18.2 Å². The Bertz CT molecular complexity index is 1030. The highest BCUT2D eigenvalue weighted by molar-refractivity contribution is 6.03. The molecule has 1 saturated carbocycles. The molecule has 1 saturated heterocycles. The second kappa shape index (κ2) is 10.9. The van der Waals surface area contributed by atoms with Crippen LogP contribution in [0.1, 0.15) is 49.7 Å². The number of amides is 3. The molecule has 9 nitrogen and oxygen atoms in total. The number of fused-ring (bicyclic) bond motifs is 1. The molecular weight excluding hydrogens is 450 g/mol. The number of hydrogen-bond acceptors (Lipinski definition) is 6. The SMILES string of the molecule is COC(=O)[C@H](C[C@@H]1CCCNC1=O)NC(=O)C(CC1CC1)NC(=O)C1=Cc2c(cccc2OC)C1. The summed E-state index contributed by atoms with van der Waals surface area (Å²) in [6.45, 7) is 0.617. The maximum Gasteiger partial charge on any atom is 0.328 e. The Labute approximate surface area is 205 Å². The van der Waals surface area contributed by atoms with Crippen LogP contribution in [0.5, 0.6) is 5.75 Å². The van der Waals surface area contributed by atoms with Gasteiger partial charge in [0.25, 0.3) is 0 Å². The average Bonchev–Trinajstić information content (AvgIpc) is 3.57. The molecule has 0 spiro atoms. The van der Waals surface area contributed by atoms with Gasteiger partial charge >= 0.3 is 5.97 Å². The standard InChI is InChI=1S/C26H33N3O6/c1-34-22-7-3-5-16-12-18(13-19(16)22)24(31)28-20(11-15-8-9-15)25(32)29-21(26(33)35-2)14-17-6-4-10-27-23(17)30/h3,5,7,13,15,17,20-21H,4,6,8-12,14H2,1-2H3,(H,27,30)(H,28,31)(H,29,32)/t17-,20?,21-/m0/s1. The fourth-order valence-corrected chi connectivity index (χ4v) is 4.80. The zero-order valence-corrected chi connectivity index (χ0v) is 20.2. The highest BCUT2D eigenvalue weighted by Gasteiger charge is 2.35. The number of carbonyl (C=O) groups is 4. The third-order valence-corrected chi connectivity index (χ3v) is 6.98. The lowest BCUT2D eigenvalue weighted by Crippen LogP contribution is -2.53. The van der Waals surface area contributed by atoms with E-state index in [-0.39, 0.29) is 24.2 Å². The molecule has 0 aromatic heterocycles. The smallest absolute Gasteiger partial charge is 0.328 e. The molecule has 1 aromatic rings. The highest BCUT2D eigenvalue weighted by Crippen LogP contribution is 2.35. The molecule has 3 atom stereocenters. The fourth-order valence-electron chi connectivity index (χ4n) is 4.80. The minimum atomic E-state index is -0.959. The van der Waals surface area contributed by atoms with E-state index in [2.05, 4.69) is 16.0 Å². The van der Waals surface area contributed by atoms with Crippen molar-refractivity contribution in [2.24, 2.45) is 11.8 Å². The maximum atomic E-state index is 13.3. The van der Waals surface area contributed by atoms with Crippen LogP contribution in [-0.2, 0) is 30.3 Å². The fraction of sp³-hybridized carbons (Fsp3) is 0.538. The summed E-state index contributed by atoms with van der Waals surface area (Å²) in [6, 6.07) is 3.94. The molecule has 3 N–H and O–H groups in total. The van der Waals surface area contributed by atoms with Crippen LogP contribution in [0, 0.1) is 11.8 Å².